The van der Waals surface area contributed by atoms with Gasteiger partial charge in [-0.2, -0.15) is 0 Å². The lowest BCUT2D eigenvalue weighted by Gasteiger charge is -2.31. The van der Waals surface area contributed by atoms with Crippen molar-refractivity contribution < 1.29 is 9.59 Å². The Hall–Kier alpha value is -2.04. The highest BCUT2D eigenvalue weighted by atomic mass is 16.2. The Morgan fingerprint density at radius 2 is 1.79 bits per heavy atom. The standard InChI is InChI=1S/C23H35N3O2/c1-23(2,3)22(28)26(14-16-9-10-16)15-18-13-19(11-12-20(18)25(4)5)24-21(27)17-7-6-8-17/h11-13,16-17H,6-10,14-15H2,1-5H3,(H,24,27). The molecule has 3 rings (SSSR count). The summed E-state index contributed by atoms with van der Waals surface area (Å²) in [5.41, 5.74) is 2.59. The predicted molar refractivity (Wildman–Crippen MR) is 114 cm³/mol. The monoisotopic (exact) mass is 385 g/mol. The van der Waals surface area contributed by atoms with Gasteiger partial charge in [0.25, 0.3) is 0 Å². The summed E-state index contributed by atoms with van der Waals surface area (Å²) in [6.07, 6.45) is 5.55. The van der Waals surface area contributed by atoms with Crippen LogP contribution in [-0.4, -0.2) is 37.4 Å². The van der Waals surface area contributed by atoms with Crippen LogP contribution in [0.5, 0.6) is 0 Å². The molecule has 154 valence electrons. The molecule has 2 aliphatic rings. The van der Waals surface area contributed by atoms with Crippen LogP contribution in [0.15, 0.2) is 18.2 Å². The van der Waals surface area contributed by atoms with Crippen molar-refractivity contribution >= 4 is 23.2 Å². The van der Waals surface area contributed by atoms with E-state index in [9.17, 15) is 9.59 Å². The van der Waals surface area contributed by atoms with Gasteiger partial charge < -0.3 is 15.1 Å². The van der Waals surface area contributed by atoms with Crippen molar-refractivity contribution in [2.75, 3.05) is 30.9 Å². The molecule has 1 aromatic carbocycles. The second-order valence-electron chi connectivity index (χ2n) is 9.73. The maximum absolute atomic E-state index is 13.1. The first-order valence-corrected chi connectivity index (χ1v) is 10.6. The van der Waals surface area contributed by atoms with E-state index in [0.717, 1.165) is 42.7 Å². The molecule has 0 atom stereocenters. The molecule has 0 heterocycles. The number of hydrogen-bond acceptors (Lipinski definition) is 3. The van der Waals surface area contributed by atoms with Crippen LogP contribution in [0.3, 0.4) is 0 Å². The van der Waals surface area contributed by atoms with Crippen molar-refractivity contribution in [3.05, 3.63) is 23.8 Å². The fraction of sp³-hybridized carbons (Fsp3) is 0.652. The molecule has 0 bridgehead atoms. The first kappa shape index (κ1) is 20.7. The first-order chi connectivity index (χ1) is 13.1. The Morgan fingerprint density at radius 1 is 1.11 bits per heavy atom. The highest BCUT2D eigenvalue weighted by molar-refractivity contribution is 5.93. The SMILES string of the molecule is CN(C)c1ccc(NC(=O)C2CCC2)cc1CN(CC1CC1)C(=O)C(C)(C)C. The number of anilines is 2. The maximum atomic E-state index is 13.1. The van der Waals surface area contributed by atoms with Crippen LogP contribution in [0, 0.1) is 17.3 Å². The van der Waals surface area contributed by atoms with E-state index in [-0.39, 0.29) is 17.7 Å². The summed E-state index contributed by atoms with van der Waals surface area (Å²) in [7, 11) is 4.03. The molecule has 1 aromatic rings. The van der Waals surface area contributed by atoms with Crippen LogP contribution in [0.1, 0.15) is 58.4 Å². The van der Waals surface area contributed by atoms with Crippen LogP contribution >= 0.6 is 0 Å². The molecular formula is C23H35N3O2. The fourth-order valence-electron chi connectivity index (χ4n) is 3.65. The Morgan fingerprint density at radius 3 is 2.29 bits per heavy atom. The number of nitrogens with zero attached hydrogens (tertiary/aromatic N) is 2. The minimum atomic E-state index is -0.400. The molecule has 0 saturated heterocycles. The van der Waals surface area contributed by atoms with E-state index < -0.39 is 5.41 Å². The van der Waals surface area contributed by atoms with Gasteiger partial charge in [0.1, 0.15) is 0 Å². The predicted octanol–water partition coefficient (Wildman–Crippen LogP) is 4.28. The van der Waals surface area contributed by atoms with Crippen LogP contribution in [0.4, 0.5) is 11.4 Å². The summed E-state index contributed by atoms with van der Waals surface area (Å²) in [6.45, 7) is 7.35. The number of carbonyl (C=O) groups excluding carboxylic acids is 2. The van der Waals surface area contributed by atoms with Crippen molar-refractivity contribution in [3.63, 3.8) is 0 Å². The third kappa shape index (κ3) is 5.06. The normalized spacial score (nSPS) is 17.0. The molecule has 5 nitrogen and oxygen atoms in total. The van der Waals surface area contributed by atoms with Crippen molar-refractivity contribution in [1.82, 2.24) is 4.90 Å². The molecule has 2 amide bonds. The fourth-order valence-corrected chi connectivity index (χ4v) is 3.65. The smallest absolute Gasteiger partial charge is 0.228 e. The van der Waals surface area contributed by atoms with Crippen molar-refractivity contribution in [1.29, 1.82) is 0 Å². The molecule has 0 spiro atoms. The molecular weight excluding hydrogens is 350 g/mol. The van der Waals surface area contributed by atoms with Crippen molar-refractivity contribution in [3.8, 4) is 0 Å². The van der Waals surface area contributed by atoms with E-state index in [1.54, 1.807) is 0 Å². The number of amides is 2. The Balaban J connectivity index is 1.82. The third-order valence-corrected chi connectivity index (χ3v) is 5.77. The van der Waals surface area contributed by atoms with E-state index in [1.165, 1.54) is 12.8 Å². The average molecular weight is 386 g/mol. The number of hydrogen-bond donors (Lipinski definition) is 1. The Labute approximate surface area is 169 Å². The molecule has 0 radical (unpaired) electrons. The van der Waals surface area contributed by atoms with Crippen LogP contribution in [0.25, 0.3) is 0 Å². The van der Waals surface area contributed by atoms with Gasteiger partial charge in [0, 0.05) is 49.9 Å². The average Bonchev–Trinajstić information content (AvgIpc) is 3.35. The minimum absolute atomic E-state index is 0.121. The van der Waals surface area contributed by atoms with Gasteiger partial charge in [0.15, 0.2) is 0 Å². The molecule has 0 aliphatic heterocycles. The largest absolute Gasteiger partial charge is 0.377 e. The quantitative estimate of drug-likeness (QED) is 0.762. The summed E-state index contributed by atoms with van der Waals surface area (Å²) in [6, 6.07) is 6.05. The molecule has 0 aromatic heterocycles. The highest BCUT2D eigenvalue weighted by Crippen LogP contribution is 2.34. The van der Waals surface area contributed by atoms with Crippen molar-refractivity contribution in [2.45, 2.75) is 59.4 Å². The summed E-state index contributed by atoms with van der Waals surface area (Å²) >= 11 is 0. The van der Waals surface area contributed by atoms with E-state index in [2.05, 4.69) is 10.2 Å². The van der Waals surface area contributed by atoms with E-state index >= 15 is 0 Å². The Kier molecular flexibility index (Phi) is 6.01. The van der Waals surface area contributed by atoms with Gasteiger partial charge in [-0.05, 0) is 55.4 Å². The summed E-state index contributed by atoms with van der Waals surface area (Å²) < 4.78 is 0. The van der Waals surface area contributed by atoms with E-state index in [4.69, 9.17) is 0 Å². The zero-order valence-electron chi connectivity index (χ0n) is 18.0. The first-order valence-electron chi connectivity index (χ1n) is 10.6. The van der Waals surface area contributed by atoms with Gasteiger partial charge >= 0.3 is 0 Å². The van der Waals surface area contributed by atoms with Gasteiger partial charge in [0.2, 0.25) is 11.8 Å². The van der Waals surface area contributed by atoms with Gasteiger partial charge in [-0.3, -0.25) is 9.59 Å². The number of nitrogens with one attached hydrogen (secondary N) is 1. The molecule has 2 aliphatic carbocycles. The summed E-state index contributed by atoms with van der Waals surface area (Å²) in [5, 5.41) is 3.08. The summed E-state index contributed by atoms with van der Waals surface area (Å²) in [5.74, 6) is 1.10. The number of carbonyl (C=O) groups is 2. The maximum Gasteiger partial charge on any atom is 0.228 e. The lowest BCUT2D eigenvalue weighted by atomic mass is 9.85. The number of benzene rings is 1. The third-order valence-electron chi connectivity index (χ3n) is 5.77. The molecule has 1 N–H and O–H groups in total. The zero-order chi connectivity index (χ0) is 20.5. The lowest BCUT2D eigenvalue weighted by molar-refractivity contribution is -0.140. The highest BCUT2D eigenvalue weighted by Gasteiger charge is 2.32. The van der Waals surface area contributed by atoms with Gasteiger partial charge in [-0.1, -0.05) is 27.2 Å². The second kappa shape index (κ2) is 8.14. The van der Waals surface area contributed by atoms with Crippen LogP contribution < -0.4 is 10.2 Å². The van der Waals surface area contributed by atoms with E-state index in [1.807, 2.05) is 58.0 Å². The van der Waals surface area contributed by atoms with E-state index in [0.29, 0.717) is 12.5 Å². The molecule has 5 heteroatoms. The topological polar surface area (TPSA) is 52.7 Å². The van der Waals surface area contributed by atoms with Gasteiger partial charge in [0.05, 0.1) is 0 Å². The molecule has 2 saturated carbocycles. The Bertz CT molecular complexity index is 728. The molecule has 2 fully saturated rings. The number of rotatable bonds is 7. The molecule has 28 heavy (non-hydrogen) atoms. The molecule has 0 unspecified atom stereocenters. The van der Waals surface area contributed by atoms with Crippen LogP contribution in [-0.2, 0) is 16.1 Å². The minimum Gasteiger partial charge on any atom is -0.377 e. The van der Waals surface area contributed by atoms with Crippen molar-refractivity contribution in [2.24, 2.45) is 17.3 Å². The second-order valence-corrected chi connectivity index (χ2v) is 9.73. The van der Waals surface area contributed by atoms with Gasteiger partial charge in [-0.25, -0.2) is 0 Å². The lowest BCUT2D eigenvalue weighted by Crippen LogP contribution is -2.40. The van der Waals surface area contributed by atoms with Gasteiger partial charge in [-0.15, -0.1) is 0 Å². The zero-order valence-corrected chi connectivity index (χ0v) is 18.0. The van der Waals surface area contributed by atoms with Crippen LogP contribution in [0.2, 0.25) is 0 Å². The summed E-state index contributed by atoms with van der Waals surface area (Å²) in [4.78, 5) is 29.5.